The lowest BCUT2D eigenvalue weighted by Gasteiger charge is -2.08. The Labute approximate surface area is 117 Å². The van der Waals surface area contributed by atoms with E-state index in [-0.39, 0.29) is 0 Å². The third kappa shape index (κ3) is 1.82. The molecule has 0 saturated heterocycles. The lowest BCUT2D eigenvalue weighted by atomic mass is 10.2. The predicted octanol–water partition coefficient (Wildman–Crippen LogP) is 2.52. The van der Waals surface area contributed by atoms with Crippen molar-refractivity contribution >= 4 is 16.6 Å². The molecule has 2 aromatic heterocycles. The van der Waals surface area contributed by atoms with Gasteiger partial charge in [-0.15, -0.1) is 0 Å². The molecule has 0 atom stereocenters. The summed E-state index contributed by atoms with van der Waals surface area (Å²) in [7, 11) is 0. The summed E-state index contributed by atoms with van der Waals surface area (Å²) in [5.74, 6) is 0. The van der Waals surface area contributed by atoms with E-state index in [0.717, 1.165) is 46.5 Å². The maximum Gasteiger partial charge on any atom is 0.0951 e. The fourth-order valence-electron chi connectivity index (χ4n) is 2.48. The van der Waals surface area contributed by atoms with Gasteiger partial charge in [0.1, 0.15) is 0 Å². The van der Waals surface area contributed by atoms with Crippen molar-refractivity contribution in [3.8, 4) is 5.69 Å². The van der Waals surface area contributed by atoms with Crippen LogP contribution < -0.4 is 5.73 Å². The molecule has 0 unspecified atom stereocenters. The minimum atomic E-state index is 0.788. The van der Waals surface area contributed by atoms with E-state index in [0.29, 0.717) is 0 Å². The van der Waals surface area contributed by atoms with Gasteiger partial charge in [-0.1, -0.05) is 32.0 Å². The molecule has 20 heavy (non-hydrogen) atoms. The Morgan fingerprint density at radius 2 is 1.95 bits per heavy atom. The Kier molecular flexibility index (Phi) is 3.10. The molecular formula is C15H17N5. The molecule has 1 aromatic carbocycles. The van der Waals surface area contributed by atoms with Gasteiger partial charge < -0.3 is 5.73 Å². The molecule has 0 saturated carbocycles. The van der Waals surface area contributed by atoms with Crippen LogP contribution in [-0.4, -0.2) is 20.0 Å². The number of aryl methyl sites for hydroxylation is 1. The molecule has 5 nitrogen and oxygen atoms in total. The maximum atomic E-state index is 6.19. The third-order valence-corrected chi connectivity index (χ3v) is 3.52. The summed E-state index contributed by atoms with van der Waals surface area (Å²) in [5, 5.41) is 13.9. The van der Waals surface area contributed by atoms with E-state index < -0.39 is 0 Å². The summed E-state index contributed by atoms with van der Waals surface area (Å²) in [6.45, 7) is 4.14. The fraction of sp³-hybridized carbons (Fsp3) is 0.267. The normalized spacial score (nSPS) is 11.1. The maximum absolute atomic E-state index is 6.19. The van der Waals surface area contributed by atoms with Crippen LogP contribution in [0.5, 0.6) is 0 Å². The van der Waals surface area contributed by atoms with Gasteiger partial charge in [-0.05, 0) is 18.9 Å². The fourth-order valence-corrected chi connectivity index (χ4v) is 2.48. The van der Waals surface area contributed by atoms with Crippen LogP contribution in [0.15, 0.2) is 30.5 Å². The molecule has 0 bridgehead atoms. The van der Waals surface area contributed by atoms with Crippen LogP contribution >= 0.6 is 0 Å². The van der Waals surface area contributed by atoms with Crippen LogP contribution in [-0.2, 0) is 12.8 Å². The number of anilines is 1. The van der Waals surface area contributed by atoms with Crippen molar-refractivity contribution in [1.82, 2.24) is 20.0 Å². The molecule has 0 spiro atoms. The van der Waals surface area contributed by atoms with Crippen molar-refractivity contribution in [2.45, 2.75) is 26.7 Å². The van der Waals surface area contributed by atoms with Crippen LogP contribution in [0.1, 0.15) is 25.2 Å². The number of nitrogens with zero attached hydrogens (tertiary/aromatic N) is 4. The summed E-state index contributed by atoms with van der Waals surface area (Å²) >= 11 is 0. The molecule has 0 amide bonds. The first-order valence-corrected chi connectivity index (χ1v) is 6.83. The molecule has 2 N–H and O–H groups in total. The second-order valence-corrected chi connectivity index (χ2v) is 4.67. The van der Waals surface area contributed by atoms with Gasteiger partial charge in [-0.3, -0.25) is 0 Å². The van der Waals surface area contributed by atoms with Gasteiger partial charge in [0.15, 0.2) is 0 Å². The quantitative estimate of drug-likeness (QED) is 0.791. The number of nitrogen functional groups attached to an aromatic ring is 1. The molecule has 2 heterocycles. The van der Waals surface area contributed by atoms with Gasteiger partial charge in [0.05, 0.1) is 34.5 Å². The van der Waals surface area contributed by atoms with Crippen LogP contribution in [0, 0.1) is 0 Å². The second-order valence-electron chi connectivity index (χ2n) is 4.67. The SMILES string of the molecule is CCc1nn(-c2cnnc3ccccc23)c(CC)c1N. The first kappa shape index (κ1) is 12.6. The Bertz CT molecular complexity index is 755. The summed E-state index contributed by atoms with van der Waals surface area (Å²) < 4.78 is 1.91. The first-order valence-electron chi connectivity index (χ1n) is 6.83. The topological polar surface area (TPSA) is 69.6 Å². The highest BCUT2D eigenvalue weighted by Crippen LogP contribution is 2.25. The molecule has 3 aromatic rings. The van der Waals surface area contributed by atoms with Crippen molar-refractivity contribution in [2.24, 2.45) is 0 Å². The van der Waals surface area contributed by atoms with Crippen LogP contribution in [0.4, 0.5) is 5.69 Å². The third-order valence-electron chi connectivity index (χ3n) is 3.52. The van der Waals surface area contributed by atoms with E-state index in [9.17, 15) is 0 Å². The average molecular weight is 267 g/mol. The van der Waals surface area contributed by atoms with E-state index in [1.807, 2.05) is 28.9 Å². The highest BCUT2D eigenvalue weighted by atomic mass is 15.3. The van der Waals surface area contributed by atoms with Crippen molar-refractivity contribution < 1.29 is 0 Å². The molecule has 0 fully saturated rings. The largest absolute Gasteiger partial charge is 0.396 e. The summed E-state index contributed by atoms with van der Waals surface area (Å²) in [6.07, 6.45) is 3.39. The zero-order chi connectivity index (χ0) is 14.1. The van der Waals surface area contributed by atoms with Gasteiger partial charge in [-0.2, -0.15) is 15.3 Å². The Morgan fingerprint density at radius 3 is 2.70 bits per heavy atom. The number of fused-ring (bicyclic) bond motifs is 1. The average Bonchev–Trinajstić information content (AvgIpc) is 2.82. The minimum Gasteiger partial charge on any atom is -0.396 e. The van der Waals surface area contributed by atoms with Gasteiger partial charge in [0.25, 0.3) is 0 Å². The number of hydrogen-bond acceptors (Lipinski definition) is 4. The number of benzene rings is 1. The van der Waals surface area contributed by atoms with Gasteiger partial charge in [0.2, 0.25) is 0 Å². The van der Waals surface area contributed by atoms with E-state index in [2.05, 4.69) is 29.1 Å². The predicted molar refractivity (Wildman–Crippen MR) is 79.8 cm³/mol. The van der Waals surface area contributed by atoms with E-state index in [4.69, 9.17) is 5.73 Å². The van der Waals surface area contributed by atoms with Gasteiger partial charge in [-0.25, -0.2) is 4.68 Å². The van der Waals surface area contributed by atoms with E-state index in [1.165, 1.54) is 0 Å². The highest BCUT2D eigenvalue weighted by Gasteiger charge is 2.16. The first-order chi connectivity index (χ1) is 9.76. The highest BCUT2D eigenvalue weighted by molar-refractivity contribution is 5.86. The number of hydrogen-bond donors (Lipinski definition) is 1. The molecule has 3 rings (SSSR count). The van der Waals surface area contributed by atoms with Crippen LogP contribution in [0.25, 0.3) is 16.6 Å². The zero-order valence-electron chi connectivity index (χ0n) is 11.7. The lowest BCUT2D eigenvalue weighted by molar-refractivity contribution is 0.792. The molecule has 0 aliphatic rings. The lowest BCUT2D eigenvalue weighted by Crippen LogP contribution is -2.04. The van der Waals surface area contributed by atoms with Crippen LogP contribution in [0.3, 0.4) is 0 Å². The molecule has 0 radical (unpaired) electrons. The Morgan fingerprint density at radius 1 is 1.15 bits per heavy atom. The van der Waals surface area contributed by atoms with Gasteiger partial charge in [0, 0.05) is 5.39 Å². The molecular weight excluding hydrogens is 250 g/mol. The second kappa shape index (κ2) is 4.92. The van der Waals surface area contributed by atoms with E-state index in [1.54, 1.807) is 6.20 Å². The summed E-state index contributed by atoms with van der Waals surface area (Å²) in [6, 6.07) is 7.93. The number of aromatic nitrogens is 4. The van der Waals surface area contributed by atoms with Crippen molar-refractivity contribution in [2.75, 3.05) is 5.73 Å². The van der Waals surface area contributed by atoms with Gasteiger partial charge >= 0.3 is 0 Å². The smallest absolute Gasteiger partial charge is 0.0951 e. The Hall–Kier alpha value is -2.43. The summed E-state index contributed by atoms with van der Waals surface area (Å²) in [5.41, 5.74) is 10.7. The number of nitrogens with two attached hydrogens (primary N) is 1. The molecule has 0 aliphatic heterocycles. The van der Waals surface area contributed by atoms with E-state index >= 15 is 0 Å². The molecule has 0 aliphatic carbocycles. The Balaban J connectivity index is 2.31. The van der Waals surface area contributed by atoms with Crippen molar-refractivity contribution in [3.63, 3.8) is 0 Å². The molecule has 5 heteroatoms. The van der Waals surface area contributed by atoms with Crippen LogP contribution in [0.2, 0.25) is 0 Å². The standard InChI is InChI=1S/C15H17N5/c1-3-11-15(16)13(4-2)20(19-11)14-9-17-18-12-8-6-5-7-10(12)14/h5-9H,3-4,16H2,1-2H3. The minimum absolute atomic E-state index is 0.788. The number of rotatable bonds is 3. The summed E-state index contributed by atoms with van der Waals surface area (Å²) in [4.78, 5) is 0. The van der Waals surface area contributed by atoms with Crippen molar-refractivity contribution in [1.29, 1.82) is 0 Å². The monoisotopic (exact) mass is 267 g/mol. The van der Waals surface area contributed by atoms with Crippen molar-refractivity contribution in [3.05, 3.63) is 41.9 Å². The zero-order valence-corrected chi connectivity index (χ0v) is 11.7. The molecule has 102 valence electrons.